The second-order valence-electron chi connectivity index (χ2n) is 4.72. The van der Waals surface area contributed by atoms with E-state index in [-0.39, 0.29) is 29.2 Å². The Kier molecular flexibility index (Phi) is 2.82. The van der Waals surface area contributed by atoms with Gasteiger partial charge in [-0.1, -0.05) is 18.2 Å². The molecular formula is C13H13NO4S. The summed E-state index contributed by atoms with van der Waals surface area (Å²) in [5.41, 5.74) is 0.645. The van der Waals surface area contributed by atoms with E-state index >= 15 is 0 Å². The van der Waals surface area contributed by atoms with Crippen LogP contribution in [0.1, 0.15) is 17.0 Å². The van der Waals surface area contributed by atoms with Gasteiger partial charge < -0.3 is 9.73 Å². The number of hydrogen-bond donors (Lipinski definition) is 1. The van der Waals surface area contributed by atoms with Gasteiger partial charge in [0.25, 0.3) is 5.91 Å². The zero-order chi connectivity index (χ0) is 13.5. The van der Waals surface area contributed by atoms with Gasteiger partial charge in [-0.05, 0) is 18.6 Å². The summed E-state index contributed by atoms with van der Waals surface area (Å²) < 4.78 is 28.1. The van der Waals surface area contributed by atoms with E-state index in [4.69, 9.17) is 4.42 Å². The third-order valence-corrected chi connectivity index (χ3v) is 4.98. The van der Waals surface area contributed by atoms with Gasteiger partial charge in [-0.3, -0.25) is 4.79 Å². The fourth-order valence-electron chi connectivity index (χ4n) is 2.26. The molecule has 1 unspecified atom stereocenters. The predicted octanol–water partition coefficient (Wildman–Crippen LogP) is 1.35. The van der Waals surface area contributed by atoms with Crippen LogP contribution >= 0.6 is 0 Å². The molecule has 1 amide bonds. The number of hydrogen-bond acceptors (Lipinski definition) is 4. The number of para-hydroxylation sites is 1. The van der Waals surface area contributed by atoms with Crippen molar-refractivity contribution in [3.63, 3.8) is 0 Å². The van der Waals surface area contributed by atoms with E-state index in [9.17, 15) is 13.2 Å². The molecule has 2 heterocycles. The minimum Gasteiger partial charge on any atom is -0.451 e. The maximum absolute atomic E-state index is 12.0. The second kappa shape index (κ2) is 4.38. The van der Waals surface area contributed by atoms with Crippen molar-refractivity contribution in [2.24, 2.45) is 0 Å². The second-order valence-corrected chi connectivity index (χ2v) is 6.95. The van der Waals surface area contributed by atoms with Crippen LogP contribution in [0.4, 0.5) is 0 Å². The highest BCUT2D eigenvalue weighted by Crippen LogP contribution is 2.19. The minimum absolute atomic E-state index is 0.0129. The van der Waals surface area contributed by atoms with Gasteiger partial charge in [0.1, 0.15) is 5.58 Å². The lowest BCUT2D eigenvalue weighted by Crippen LogP contribution is -2.35. The molecule has 1 aromatic carbocycles. The van der Waals surface area contributed by atoms with Crippen molar-refractivity contribution in [2.45, 2.75) is 12.5 Å². The van der Waals surface area contributed by atoms with E-state index in [1.165, 1.54) is 0 Å². The number of amides is 1. The molecule has 1 N–H and O–H groups in total. The third-order valence-electron chi connectivity index (χ3n) is 3.22. The van der Waals surface area contributed by atoms with Gasteiger partial charge >= 0.3 is 0 Å². The summed E-state index contributed by atoms with van der Waals surface area (Å²) in [5, 5.41) is 3.55. The van der Waals surface area contributed by atoms with Crippen molar-refractivity contribution in [3.05, 3.63) is 36.1 Å². The largest absolute Gasteiger partial charge is 0.451 e. The van der Waals surface area contributed by atoms with Gasteiger partial charge in [0, 0.05) is 11.4 Å². The van der Waals surface area contributed by atoms with Gasteiger partial charge in [0.15, 0.2) is 15.6 Å². The Morgan fingerprint density at radius 3 is 2.79 bits per heavy atom. The summed E-state index contributed by atoms with van der Waals surface area (Å²) in [6.45, 7) is 0. The summed E-state index contributed by atoms with van der Waals surface area (Å²) in [6, 6.07) is 8.68. The van der Waals surface area contributed by atoms with Crippen LogP contribution < -0.4 is 5.32 Å². The molecule has 6 heteroatoms. The van der Waals surface area contributed by atoms with Gasteiger partial charge in [0.2, 0.25) is 0 Å². The highest BCUT2D eigenvalue weighted by Gasteiger charge is 2.29. The SMILES string of the molecule is O=C(NC1CCS(=O)(=O)C1)c1cc2ccccc2o1. The predicted molar refractivity (Wildman–Crippen MR) is 70.7 cm³/mol. The van der Waals surface area contributed by atoms with E-state index in [0.717, 1.165) is 5.39 Å². The molecule has 0 bridgehead atoms. The van der Waals surface area contributed by atoms with Crippen LogP contribution in [-0.4, -0.2) is 31.9 Å². The van der Waals surface area contributed by atoms with Crippen LogP contribution in [0.2, 0.25) is 0 Å². The Morgan fingerprint density at radius 1 is 1.32 bits per heavy atom. The molecule has 1 saturated heterocycles. The van der Waals surface area contributed by atoms with Crippen LogP contribution in [0.3, 0.4) is 0 Å². The molecule has 1 atom stereocenters. The summed E-state index contributed by atoms with van der Waals surface area (Å²) in [7, 11) is -2.99. The van der Waals surface area contributed by atoms with Crippen molar-refractivity contribution in [1.29, 1.82) is 0 Å². The first kappa shape index (κ1) is 12.2. The quantitative estimate of drug-likeness (QED) is 0.900. The lowest BCUT2D eigenvalue weighted by Gasteiger charge is -2.08. The molecule has 0 spiro atoms. The Hall–Kier alpha value is -1.82. The van der Waals surface area contributed by atoms with Crippen LogP contribution in [0.25, 0.3) is 11.0 Å². The maximum atomic E-state index is 12.0. The van der Waals surface area contributed by atoms with Gasteiger partial charge in [-0.15, -0.1) is 0 Å². The topological polar surface area (TPSA) is 76.4 Å². The number of sulfone groups is 1. The fraction of sp³-hybridized carbons (Fsp3) is 0.308. The van der Waals surface area contributed by atoms with Crippen LogP contribution in [0.5, 0.6) is 0 Å². The summed E-state index contributed by atoms with van der Waals surface area (Å²) >= 11 is 0. The zero-order valence-corrected chi connectivity index (χ0v) is 10.9. The van der Waals surface area contributed by atoms with Gasteiger partial charge in [-0.25, -0.2) is 8.42 Å². The Labute approximate surface area is 110 Å². The molecule has 1 aromatic heterocycles. The first-order chi connectivity index (χ1) is 9.03. The molecule has 100 valence electrons. The monoisotopic (exact) mass is 279 g/mol. The van der Waals surface area contributed by atoms with Crippen molar-refractivity contribution in [3.8, 4) is 0 Å². The van der Waals surface area contributed by atoms with E-state index < -0.39 is 9.84 Å². The molecule has 3 rings (SSSR count). The first-order valence-corrected chi connectivity index (χ1v) is 7.85. The Bertz CT molecular complexity index is 699. The normalized spacial score (nSPS) is 21.6. The number of benzene rings is 1. The number of fused-ring (bicyclic) bond motifs is 1. The summed E-state index contributed by atoms with van der Waals surface area (Å²) in [6.07, 6.45) is 0.467. The summed E-state index contributed by atoms with van der Waals surface area (Å²) in [5.74, 6) is 0.000585. The van der Waals surface area contributed by atoms with Gasteiger partial charge in [-0.2, -0.15) is 0 Å². The smallest absolute Gasteiger partial charge is 0.287 e. The van der Waals surface area contributed by atoms with E-state index in [1.54, 1.807) is 12.1 Å². The Balaban J connectivity index is 1.77. The van der Waals surface area contributed by atoms with Gasteiger partial charge in [0.05, 0.1) is 11.5 Å². The highest BCUT2D eigenvalue weighted by molar-refractivity contribution is 7.91. The van der Waals surface area contributed by atoms with E-state index in [1.807, 2.05) is 18.2 Å². The maximum Gasteiger partial charge on any atom is 0.287 e. The number of carbonyl (C=O) groups excluding carboxylic acids is 1. The molecular weight excluding hydrogens is 266 g/mol. The Morgan fingerprint density at radius 2 is 2.11 bits per heavy atom. The molecule has 0 saturated carbocycles. The van der Waals surface area contributed by atoms with Crippen LogP contribution in [-0.2, 0) is 9.84 Å². The molecule has 5 nitrogen and oxygen atoms in total. The zero-order valence-electron chi connectivity index (χ0n) is 10.1. The molecule has 1 fully saturated rings. The van der Waals surface area contributed by atoms with E-state index in [2.05, 4.69) is 5.32 Å². The average Bonchev–Trinajstić information content (AvgIpc) is 2.92. The third kappa shape index (κ3) is 2.49. The van der Waals surface area contributed by atoms with Crippen molar-refractivity contribution >= 4 is 26.7 Å². The van der Waals surface area contributed by atoms with Crippen molar-refractivity contribution in [2.75, 3.05) is 11.5 Å². The average molecular weight is 279 g/mol. The summed E-state index contributed by atoms with van der Waals surface area (Å²) in [4.78, 5) is 12.0. The molecule has 1 aliphatic heterocycles. The first-order valence-electron chi connectivity index (χ1n) is 6.03. The molecule has 0 radical (unpaired) electrons. The number of carbonyl (C=O) groups is 1. The van der Waals surface area contributed by atoms with Crippen LogP contribution in [0, 0.1) is 0 Å². The number of nitrogens with one attached hydrogen (secondary N) is 1. The van der Waals surface area contributed by atoms with Crippen molar-refractivity contribution in [1.82, 2.24) is 5.32 Å². The van der Waals surface area contributed by atoms with Crippen LogP contribution in [0.15, 0.2) is 34.7 Å². The number of rotatable bonds is 2. The lowest BCUT2D eigenvalue weighted by molar-refractivity contribution is 0.0915. The molecule has 2 aromatic rings. The highest BCUT2D eigenvalue weighted by atomic mass is 32.2. The fourth-order valence-corrected chi connectivity index (χ4v) is 3.93. The van der Waals surface area contributed by atoms with Crippen molar-refractivity contribution < 1.29 is 17.6 Å². The molecule has 19 heavy (non-hydrogen) atoms. The standard InChI is InChI=1S/C13H13NO4S/c15-13(14-10-5-6-19(16,17)8-10)12-7-9-3-1-2-4-11(9)18-12/h1-4,7,10H,5-6,8H2,(H,14,15). The lowest BCUT2D eigenvalue weighted by atomic mass is 10.2. The number of furan rings is 1. The molecule has 1 aliphatic rings. The van der Waals surface area contributed by atoms with E-state index in [0.29, 0.717) is 12.0 Å². The molecule has 0 aliphatic carbocycles. The minimum atomic E-state index is -2.99.